The van der Waals surface area contributed by atoms with Gasteiger partial charge in [-0.15, -0.1) is 0 Å². The van der Waals surface area contributed by atoms with Gasteiger partial charge < -0.3 is 9.84 Å². The third-order valence-corrected chi connectivity index (χ3v) is 5.79. The summed E-state index contributed by atoms with van der Waals surface area (Å²) < 4.78 is 5.99. The van der Waals surface area contributed by atoms with E-state index in [0.717, 1.165) is 27.7 Å². The van der Waals surface area contributed by atoms with Crippen LogP contribution >= 0.6 is 11.6 Å². The zero-order chi connectivity index (χ0) is 24.8. The standard InChI is InChI=1S/C28H25ClN4O2/c1-28(2,34)24-8-3-4-9-27(24)35-18-26(32-33-30)21-7-5-6-19(16-21)10-14-23-15-12-20-11-13-22(29)17-25(20)31-23/h3-17,26,34H,18H2,1-2H3/b14-10+. The first-order chi connectivity index (χ1) is 16.8. The molecule has 4 rings (SSSR count). The second kappa shape index (κ2) is 10.6. The van der Waals surface area contributed by atoms with Crippen molar-refractivity contribution >= 4 is 34.7 Å². The van der Waals surface area contributed by atoms with E-state index in [-0.39, 0.29) is 6.61 Å². The number of rotatable bonds is 8. The van der Waals surface area contributed by atoms with Gasteiger partial charge in [0, 0.05) is 20.9 Å². The molecule has 176 valence electrons. The van der Waals surface area contributed by atoms with Crippen LogP contribution in [-0.2, 0) is 5.60 Å². The maximum atomic E-state index is 10.4. The number of azide groups is 1. The second-order valence-electron chi connectivity index (χ2n) is 8.66. The number of ether oxygens (including phenoxy) is 1. The first kappa shape index (κ1) is 24.3. The molecule has 0 radical (unpaired) electrons. The molecule has 1 N–H and O–H groups in total. The van der Waals surface area contributed by atoms with Crippen LogP contribution in [0.4, 0.5) is 0 Å². The van der Waals surface area contributed by atoms with E-state index in [1.54, 1.807) is 19.9 Å². The van der Waals surface area contributed by atoms with Crippen LogP contribution in [0, 0.1) is 0 Å². The summed E-state index contributed by atoms with van der Waals surface area (Å²) in [6.45, 7) is 3.54. The fraction of sp³-hybridized carbons (Fsp3) is 0.179. The van der Waals surface area contributed by atoms with Crippen LogP contribution in [0.5, 0.6) is 5.75 Å². The molecule has 0 spiro atoms. The molecule has 35 heavy (non-hydrogen) atoms. The summed E-state index contributed by atoms with van der Waals surface area (Å²) in [4.78, 5) is 7.66. The molecule has 0 aliphatic carbocycles. The minimum Gasteiger partial charge on any atom is -0.492 e. The normalized spacial score (nSPS) is 12.5. The first-order valence-electron chi connectivity index (χ1n) is 11.2. The van der Waals surface area contributed by atoms with Crippen LogP contribution in [0.1, 0.15) is 42.3 Å². The number of pyridine rings is 1. The number of fused-ring (bicyclic) bond motifs is 1. The van der Waals surface area contributed by atoms with Crippen molar-refractivity contribution in [1.82, 2.24) is 4.98 Å². The molecule has 0 amide bonds. The predicted octanol–water partition coefficient (Wildman–Crippen LogP) is 7.72. The maximum Gasteiger partial charge on any atom is 0.125 e. The Balaban J connectivity index is 1.54. The van der Waals surface area contributed by atoms with E-state index < -0.39 is 11.6 Å². The Labute approximate surface area is 209 Å². The highest BCUT2D eigenvalue weighted by Crippen LogP contribution is 2.31. The van der Waals surface area contributed by atoms with Crippen molar-refractivity contribution in [2.24, 2.45) is 5.11 Å². The molecule has 4 aromatic rings. The lowest BCUT2D eigenvalue weighted by Crippen LogP contribution is -2.18. The molecule has 3 aromatic carbocycles. The molecule has 0 aliphatic heterocycles. The third kappa shape index (κ3) is 6.19. The van der Waals surface area contributed by atoms with Gasteiger partial charge in [0.2, 0.25) is 0 Å². The fourth-order valence-electron chi connectivity index (χ4n) is 3.78. The molecule has 0 aliphatic rings. The third-order valence-electron chi connectivity index (χ3n) is 5.55. The van der Waals surface area contributed by atoms with E-state index in [1.165, 1.54) is 0 Å². The Morgan fingerprint density at radius 2 is 1.86 bits per heavy atom. The average Bonchev–Trinajstić information content (AvgIpc) is 2.85. The maximum absolute atomic E-state index is 10.4. The molecular formula is C28H25ClN4O2. The lowest BCUT2D eigenvalue weighted by Gasteiger charge is -2.22. The Morgan fingerprint density at radius 1 is 1.06 bits per heavy atom. The number of hydrogen-bond donors (Lipinski definition) is 1. The minimum absolute atomic E-state index is 0.136. The van der Waals surface area contributed by atoms with Crippen molar-refractivity contribution in [1.29, 1.82) is 0 Å². The monoisotopic (exact) mass is 484 g/mol. The van der Waals surface area contributed by atoms with Crippen LogP contribution in [0.3, 0.4) is 0 Å². The molecule has 1 unspecified atom stereocenters. The molecule has 0 saturated heterocycles. The summed E-state index contributed by atoms with van der Waals surface area (Å²) in [5, 5.41) is 16.1. The Morgan fingerprint density at radius 3 is 2.66 bits per heavy atom. The summed E-state index contributed by atoms with van der Waals surface area (Å²) in [7, 11) is 0. The highest BCUT2D eigenvalue weighted by molar-refractivity contribution is 6.31. The van der Waals surface area contributed by atoms with Crippen LogP contribution in [0.2, 0.25) is 5.02 Å². The number of aromatic nitrogens is 1. The van der Waals surface area contributed by atoms with E-state index in [1.807, 2.05) is 84.9 Å². The van der Waals surface area contributed by atoms with Crippen molar-refractivity contribution in [2.75, 3.05) is 6.61 Å². The molecule has 1 atom stereocenters. The Kier molecular flexibility index (Phi) is 7.37. The van der Waals surface area contributed by atoms with E-state index in [9.17, 15) is 5.11 Å². The summed E-state index contributed by atoms with van der Waals surface area (Å²) in [6, 6.07) is 24.1. The zero-order valence-corrected chi connectivity index (χ0v) is 20.2. The van der Waals surface area contributed by atoms with Gasteiger partial charge in [-0.05, 0) is 60.8 Å². The highest BCUT2D eigenvalue weighted by Gasteiger charge is 2.21. The van der Waals surface area contributed by atoms with E-state index in [4.69, 9.17) is 21.9 Å². The van der Waals surface area contributed by atoms with Gasteiger partial charge >= 0.3 is 0 Å². The Hall–Kier alpha value is -3.83. The highest BCUT2D eigenvalue weighted by atomic mass is 35.5. The van der Waals surface area contributed by atoms with Crippen molar-refractivity contribution in [2.45, 2.75) is 25.5 Å². The van der Waals surface area contributed by atoms with Gasteiger partial charge in [-0.1, -0.05) is 77.4 Å². The lowest BCUT2D eigenvalue weighted by atomic mass is 9.97. The summed E-state index contributed by atoms with van der Waals surface area (Å²) in [5.41, 5.74) is 12.1. The topological polar surface area (TPSA) is 91.1 Å². The minimum atomic E-state index is -1.06. The molecule has 7 heteroatoms. The van der Waals surface area contributed by atoms with E-state index in [0.29, 0.717) is 16.3 Å². The number of benzene rings is 3. The van der Waals surface area contributed by atoms with Crippen molar-refractivity contribution in [3.05, 3.63) is 117 Å². The number of aliphatic hydroxyl groups is 1. The zero-order valence-electron chi connectivity index (χ0n) is 19.5. The molecule has 6 nitrogen and oxygen atoms in total. The number of nitrogens with zero attached hydrogens (tertiary/aromatic N) is 4. The second-order valence-corrected chi connectivity index (χ2v) is 9.10. The summed E-state index contributed by atoms with van der Waals surface area (Å²) >= 11 is 6.10. The molecule has 0 bridgehead atoms. The van der Waals surface area contributed by atoms with Gasteiger partial charge in [0.05, 0.1) is 22.9 Å². The van der Waals surface area contributed by atoms with Crippen LogP contribution in [0.25, 0.3) is 33.5 Å². The number of halogens is 1. The van der Waals surface area contributed by atoms with Gasteiger partial charge in [0.25, 0.3) is 0 Å². The summed E-state index contributed by atoms with van der Waals surface area (Å²) in [6.07, 6.45) is 3.89. The van der Waals surface area contributed by atoms with Crippen molar-refractivity contribution in [3.8, 4) is 5.75 Å². The number of hydrogen-bond acceptors (Lipinski definition) is 4. The van der Waals surface area contributed by atoms with Gasteiger partial charge in [0.15, 0.2) is 0 Å². The van der Waals surface area contributed by atoms with Gasteiger partial charge in [-0.25, -0.2) is 4.98 Å². The fourth-order valence-corrected chi connectivity index (χ4v) is 3.94. The van der Waals surface area contributed by atoms with Gasteiger partial charge in [-0.3, -0.25) is 0 Å². The molecule has 1 aromatic heterocycles. The molecule has 0 fully saturated rings. The van der Waals surface area contributed by atoms with Crippen molar-refractivity contribution in [3.63, 3.8) is 0 Å². The van der Waals surface area contributed by atoms with Gasteiger partial charge in [0.1, 0.15) is 12.4 Å². The van der Waals surface area contributed by atoms with Gasteiger partial charge in [-0.2, -0.15) is 0 Å². The molecule has 1 heterocycles. The average molecular weight is 485 g/mol. The van der Waals surface area contributed by atoms with E-state index >= 15 is 0 Å². The number of para-hydroxylation sites is 1. The van der Waals surface area contributed by atoms with Crippen molar-refractivity contribution < 1.29 is 9.84 Å². The smallest absolute Gasteiger partial charge is 0.125 e. The Bertz CT molecular complexity index is 1420. The van der Waals surface area contributed by atoms with E-state index in [2.05, 4.69) is 15.0 Å². The first-order valence-corrected chi connectivity index (χ1v) is 11.5. The molecular weight excluding hydrogens is 460 g/mol. The van der Waals surface area contributed by atoms with Crippen LogP contribution in [-0.4, -0.2) is 16.7 Å². The summed E-state index contributed by atoms with van der Waals surface area (Å²) in [5.74, 6) is 0.552. The predicted molar refractivity (Wildman–Crippen MR) is 141 cm³/mol. The SMILES string of the molecule is CC(C)(O)c1ccccc1OCC(N=[N+]=[N-])c1cccc(/C=C/c2ccc3ccc(Cl)cc3n2)c1. The molecule has 0 saturated carbocycles. The van der Waals surface area contributed by atoms with Crippen LogP contribution < -0.4 is 4.74 Å². The largest absolute Gasteiger partial charge is 0.492 e. The lowest BCUT2D eigenvalue weighted by molar-refractivity contribution is 0.0744. The van der Waals surface area contributed by atoms with Crippen LogP contribution in [0.15, 0.2) is 84.0 Å². The quantitative estimate of drug-likeness (QED) is 0.157.